The van der Waals surface area contributed by atoms with Gasteiger partial charge in [0, 0.05) is 0 Å². The van der Waals surface area contributed by atoms with Crippen LogP contribution in [0.2, 0.25) is 0 Å². The van der Waals surface area contributed by atoms with E-state index in [1.165, 1.54) is 0 Å². The Labute approximate surface area is 136 Å². The minimum absolute atomic E-state index is 0.260. The SMILES string of the molecule is Cc1ccc(C)c(OCC(O)Cn2c(C)nc3ccccc32)c1. The standard InChI is InChI=1S/C19H22N2O2/c1-13-8-9-14(2)19(10-13)23-12-16(22)11-21-15(3)20-17-6-4-5-7-18(17)21/h4-10,16,22H,11-12H2,1-3H3. The highest BCUT2D eigenvalue weighted by atomic mass is 16.5. The zero-order chi connectivity index (χ0) is 16.4. The Hall–Kier alpha value is -2.33. The summed E-state index contributed by atoms with van der Waals surface area (Å²) in [7, 11) is 0. The van der Waals surface area contributed by atoms with Crippen LogP contribution >= 0.6 is 0 Å². The molecule has 0 saturated heterocycles. The van der Waals surface area contributed by atoms with Crippen molar-refractivity contribution in [3.8, 4) is 5.75 Å². The molecule has 1 aromatic heterocycles. The van der Waals surface area contributed by atoms with Crippen LogP contribution in [0.15, 0.2) is 42.5 Å². The van der Waals surface area contributed by atoms with E-state index in [4.69, 9.17) is 4.74 Å². The van der Waals surface area contributed by atoms with Crippen LogP contribution in [-0.4, -0.2) is 27.4 Å². The molecule has 0 spiro atoms. The Bertz CT molecular complexity index is 823. The van der Waals surface area contributed by atoms with Gasteiger partial charge in [0.25, 0.3) is 0 Å². The van der Waals surface area contributed by atoms with Crippen LogP contribution in [0.3, 0.4) is 0 Å². The highest BCUT2D eigenvalue weighted by Gasteiger charge is 2.12. The summed E-state index contributed by atoms with van der Waals surface area (Å²) in [5.41, 5.74) is 4.21. The lowest BCUT2D eigenvalue weighted by Crippen LogP contribution is -2.24. The fraction of sp³-hybridized carbons (Fsp3) is 0.316. The molecule has 0 aliphatic heterocycles. The molecule has 0 fully saturated rings. The molecule has 0 amide bonds. The largest absolute Gasteiger partial charge is 0.491 e. The van der Waals surface area contributed by atoms with E-state index in [9.17, 15) is 5.11 Å². The summed E-state index contributed by atoms with van der Waals surface area (Å²) in [5, 5.41) is 10.4. The fourth-order valence-corrected chi connectivity index (χ4v) is 2.74. The molecule has 120 valence electrons. The molecule has 4 heteroatoms. The Morgan fingerprint density at radius 1 is 1.13 bits per heavy atom. The van der Waals surface area contributed by atoms with E-state index in [1.807, 2.05) is 61.7 Å². The number of ether oxygens (including phenoxy) is 1. The van der Waals surface area contributed by atoms with E-state index in [1.54, 1.807) is 0 Å². The summed E-state index contributed by atoms with van der Waals surface area (Å²) in [6.07, 6.45) is -0.591. The molecule has 3 aromatic rings. The molecular formula is C19H22N2O2. The molecule has 4 nitrogen and oxygen atoms in total. The highest BCUT2D eigenvalue weighted by molar-refractivity contribution is 5.75. The Morgan fingerprint density at radius 2 is 1.91 bits per heavy atom. The number of imidazole rings is 1. The Kier molecular flexibility index (Phi) is 4.35. The number of aryl methyl sites for hydroxylation is 3. The summed E-state index contributed by atoms with van der Waals surface area (Å²) in [6, 6.07) is 14.0. The number of hydrogen-bond donors (Lipinski definition) is 1. The first-order valence-corrected chi connectivity index (χ1v) is 7.84. The van der Waals surface area contributed by atoms with Crippen molar-refractivity contribution in [2.24, 2.45) is 0 Å². The molecule has 3 rings (SSSR count). The number of hydrogen-bond acceptors (Lipinski definition) is 3. The summed E-state index contributed by atoms with van der Waals surface area (Å²) < 4.78 is 7.83. The molecule has 0 saturated carbocycles. The van der Waals surface area contributed by atoms with E-state index in [0.717, 1.165) is 33.7 Å². The van der Waals surface area contributed by atoms with E-state index in [-0.39, 0.29) is 6.61 Å². The van der Waals surface area contributed by atoms with Crippen molar-refractivity contribution in [3.05, 3.63) is 59.4 Å². The number of nitrogens with zero attached hydrogens (tertiary/aromatic N) is 2. The highest BCUT2D eigenvalue weighted by Crippen LogP contribution is 2.20. The average molecular weight is 310 g/mol. The minimum Gasteiger partial charge on any atom is -0.491 e. The van der Waals surface area contributed by atoms with Gasteiger partial charge in [0.05, 0.1) is 17.6 Å². The molecule has 0 bridgehead atoms. The van der Waals surface area contributed by atoms with Crippen LogP contribution in [0.5, 0.6) is 5.75 Å². The first-order chi connectivity index (χ1) is 11.0. The third-order valence-electron chi connectivity index (χ3n) is 4.01. The molecule has 23 heavy (non-hydrogen) atoms. The maximum Gasteiger partial charge on any atom is 0.122 e. The van der Waals surface area contributed by atoms with Crippen molar-refractivity contribution in [3.63, 3.8) is 0 Å². The third-order valence-corrected chi connectivity index (χ3v) is 4.01. The maximum atomic E-state index is 10.4. The van der Waals surface area contributed by atoms with E-state index in [2.05, 4.69) is 11.1 Å². The van der Waals surface area contributed by atoms with E-state index >= 15 is 0 Å². The molecule has 0 radical (unpaired) electrons. The average Bonchev–Trinajstić information content (AvgIpc) is 2.84. The summed E-state index contributed by atoms with van der Waals surface area (Å²) >= 11 is 0. The van der Waals surface area contributed by atoms with Crippen LogP contribution in [0.4, 0.5) is 0 Å². The second kappa shape index (κ2) is 6.42. The van der Waals surface area contributed by atoms with Gasteiger partial charge in [-0.15, -0.1) is 0 Å². The fourth-order valence-electron chi connectivity index (χ4n) is 2.74. The number of para-hydroxylation sites is 2. The predicted octanol–water partition coefficient (Wildman–Crippen LogP) is 3.40. The minimum atomic E-state index is -0.591. The molecule has 1 unspecified atom stereocenters. The van der Waals surface area contributed by atoms with Crippen molar-refractivity contribution in [2.45, 2.75) is 33.4 Å². The third kappa shape index (κ3) is 3.37. The summed E-state index contributed by atoms with van der Waals surface area (Å²) in [5.74, 6) is 1.73. The lowest BCUT2D eigenvalue weighted by Gasteiger charge is -2.16. The number of fused-ring (bicyclic) bond motifs is 1. The van der Waals surface area contributed by atoms with Gasteiger partial charge in [0.1, 0.15) is 24.3 Å². The van der Waals surface area contributed by atoms with Crippen LogP contribution in [-0.2, 0) is 6.54 Å². The van der Waals surface area contributed by atoms with Gasteiger partial charge in [-0.3, -0.25) is 0 Å². The van der Waals surface area contributed by atoms with Crippen LogP contribution in [0, 0.1) is 20.8 Å². The molecule has 2 aromatic carbocycles. The molecular weight excluding hydrogens is 288 g/mol. The predicted molar refractivity (Wildman–Crippen MR) is 91.9 cm³/mol. The van der Waals surface area contributed by atoms with Gasteiger partial charge in [0.2, 0.25) is 0 Å². The van der Waals surface area contributed by atoms with Gasteiger partial charge in [-0.1, -0.05) is 24.3 Å². The molecule has 1 heterocycles. The lowest BCUT2D eigenvalue weighted by atomic mass is 10.1. The van der Waals surface area contributed by atoms with E-state index in [0.29, 0.717) is 6.54 Å². The van der Waals surface area contributed by atoms with Crippen molar-refractivity contribution in [2.75, 3.05) is 6.61 Å². The smallest absolute Gasteiger partial charge is 0.122 e. The van der Waals surface area contributed by atoms with Gasteiger partial charge in [-0.25, -0.2) is 4.98 Å². The van der Waals surface area contributed by atoms with Crippen LogP contribution in [0.25, 0.3) is 11.0 Å². The molecule has 0 aliphatic carbocycles. The maximum absolute atomic E-state index is 10.4. The molecule has 1 N–H and O–H groups in total. The number of benzene rings is 2. The van der Waals surface area contributed by atoms with Crippen molar-refractivity contribution < 1.29 is 9.84 Å². The van der Waals surface area contributed by atoms with Crippen molar-refractivity contribution >= 4 is 11.0 Å². The topological polar surface area (TPSA) is 47.3 Å². The van der Waals surface area contributed by atoms with Crippen LogP contribution < -0.4 is 4.74 Å². The van der Waals surface area contributed by atoms with Gasteiger partial charge in [-0.2, -0.15) is 0 Å². The molecule has 1 atom stereocenters. The number of aliphatic hydroxyl groups is 1. The van der Waals surface area contributed by atoms with E-state index < -0.39 is 6.10 Å². The van der Waals surface area contributed by atoms with Crippen molar-refractivity contribution in [1.82, 2.24) is 9.55 Å². The summed E-state index contributed by atoms with van der Waals surface area (Å²) in [4.78, 5) is 4.52. The molecule has 0 aliphatic rings. The Balaban J connectivity index is 1.70. The van der Waals surface area contributed by atoms with Gasteiger partial charge in [-0.05, 0) is 50.1 Å². The number of aromatic nitrogens is 2. The zero-order valence-electron chi connectivity index (χ0n) is 13.8. The quantitative estimate of drug-likeness (QED) is 0.785. The second-order valence-corrected chi connectivity index (χ2v) is 5.99. The second-order valence-electron chi connectivity index (χ2n) is 5.99. The normalized spacial score (nSPS) is 12.5. The van der Waals surface area contributed by atoms with Crippen molar-refractivity contribution in [1.29, 1.82) is 0 Å². The van der Waals surface area contributed by atoms with Gasteiger partial charge < -0.3 is 14.4 Å². The number of aliphatic hydroxyl groups excluding tert-OH is 1. The summed E-state index contributed by atoms with van der Waals surface area (Å²) in [6.45, 7) is 6.73. The van der Waals surface area contributed by atoms with Gasteiger partial charge >= 0.3 is 0 Å². The first kappa shape index (κ1) is 15.6. The monoisotopic (exact) mass is 310 g/mol. The lowest BCUT2D eigenvalue weighted by molar-refractivity contribution is 0.0926. The van der Waals surface area contributed by atoms with Gasteiger partial charge in [0.15, 0.2) is 0 Å². The Morgan fingerprint density at radius 3 is 2.74 bits per heavy atom. The number of rotatable bonds is 5. The van der Waals surface area contributed by atoms with Crippen LogP contribution in [0.1, 0.15) is 17.0 Å². The first-order valence-electron chi connectivity index (χ1n) is 7.84. The zero-order valence-corrected chi connectivity index (χ0v) is 13.8.